The van der Waals surface area contributed by atoms with Gasteiger partial charge in [0.15, 0.2) is 5.57 Å². The van der Waals surface area contributed by atoms with Gasteiger partial charge in [0.05, 0.1) is 5.56 Å². The molecule has 0 bridgehead atoms. The fraction of sp³-hybridized carbons (Fsp3) is 0.444. The normalized spacial score (nSPS) is 19.6. The third-order valence-corrected chi connectivity index (χ3v) is 4.25. The lowest BCUT2D eigenvalue weighted by Crippen LogP contribution is -2.42. The first-order chi connectivity index (χ1) is 12.6. The van der Waals surface area contributed by atoms with Crippen LogP contribution in [0.4, 0.5) is 24.5 Å². The Bertz CT molecular complexity index is 774. The van der Waals surface area contributed by atoms with E-state index in [1.54, 1.807) is 4.90 Å². The van der Waals surface area contributed by atoms with Gasteiger partial charge in [-0.3, -0.25) is 0 Å². The molecule has 0 radical (unpaired) electrons. The van der Waals surface area contributed by atoms with Crippen molar-refractivity contribution >= 4 is 23.3 Å². The summed E-state index contributed by atoms with van der Waals surface area (Å²) in [7, 11) is 0. The van der Waals surface area contributed by atoms with Gasteiger partial charge in [-0.15, -0.1) is 0 Å². The molecule has 146 valence electrons. The van der Waals surface area contributed by atoms with Gasteiger partial charge < -0.3 is 19.7 Å². The summed E-state index contributed by atoms with van der Waals surface area (Å²) >= 11 is 0. The van der Waals surface area contributed by atoms with Gasteiger partial charge in [-0.25, -0.2) is 9.59 Å². The zero-order valence-corrected chi connectivity index (χ0v) is 14.9. The number of anilines is 2. The van der Waals surface area contributed by atoms with Gasteiger partial charge in [-0.1, -0.05) is 0 Å². The molecule has 0 atom stereocenters. The van der Waals surface area contributed by atoms with E-state index in [-0.39, 0.29) is 11.4 Å². The molecule has 6 nitrogen and oxygen atoms in total. The van der Waals surface area contributed by atoms with Crippen molar-refractivity contribution < 1.29 is 32.2 Å². The Labute approximate surface area is 153 Å². The number of ether oxygens (including phenoxy) is 2. The number of hydrogen-bond acceptors (Lipinski definition) is 6. The first-order valence-corrected chi connectivity index (χ1v) is 8.46. The predicted octanol–water partition coefficient (Wildman–Crippen LogP) is 3.44. The zero-order chi connectivity index (χ0) is 19.8. The maximum absolute atomic E-state index is 13.5. The number of benzene rings is 1. The number of carbonyl (C=O) groups is 2. The summed E-state index contributed by atoms with van der Waals surface area (Å²) < 4.78 is 50.3. The van der Waals surface area contributed by atoms with Crippen molar-refractivity contribution in [2.45, 2.75) is 38.7 Å². The molecule has 0 aromatic heterocycles. The summed E-state index contributed by atoms with van der Waals surface area (Å²) in [6, 6.07) is 3.80. The van der Waals surface area contributed by atoms with E-state index in [9.17, 15) is 22.8 Å². The van der Waals surface area contributed by atoms with Crippen molar-refractivity contribution in [3.8, 4) is 0 Å². The van der Waals surface area contributed by atoms with Gasteiger partial charge in [-0.05, 0) is 31.0 Å². The van der Waals surface area contributed by atoms with Crippen LogP contribution in [0.5, 0.6) is 0 Å². The number of rotatable bonds is 3. The van der Waals surface area contributed by atoms with E-state index in [1.807, 2.05) is 0 Å². The highest BCUT2D eigenvalue weighted by Gasteiger charge is 2.39. The first-order valence-electron chi connectivity index (χ1n) is 8.46. The smallest absolute Gasteiger partial charge is 0.418 e. The lowest BCUT2D eigenvalue weighted by molar-refractivity contribution is -0.222. The largest absolute Gasteiger partial charge is 0.419 e. The number of cyclic esters (lactones) is 2. The second-order valence-electron chi connectivity index (χ2n) is 6.81. The van der Waals surface area contributed by atoms with Crippen LogP contribution < -0.4 is 10.2 Å². The average Bonchev–Trinajstić information content (AvgIpc) is 3.06. The van der Waals surface area contributed by atoms with Crippen molar-refractivity contribution in [2.24, 2.45) is 0 Å². The van der Waals surface area contributed by atoms with Crippen molar-refractivity contribution in [3.05, 3.63) is 35.5 Å². The minimum Gasteiger partial charge on any atom is -0.419 e. The van der Waals surface area contributed by atoms with Gasteiger partial charge in [0, 0.05) is 44.5 Å². The van der Waals surface area contributed by atoms with E-state index in [0.29, 0.717) is 13.1 Å². The second kappa shape index (κ2) is 6.79. The van der Waals surface area contributed by atoms with E-state index < -0.39 is 35.0 Å². The molecule has 2 heterocycles. The summed E-state index contributed by atoms with van der Waals surface area (Å²) in [4.78, 5) is 25.5. The van der Waals surface area contributed by atoms with Gasteiger partial charge >= 0.3 is 18.1 Å². The van der Waals surface area contributed by atoms with Crippen LogP contribution in [0, 0.1) is 0 Å². The predicted molar refractivity (Wildman–Crippen MR) is 90.9 cm³/mol. The van der Waals surface area contributed by atoms with Crippen LogP contribution in [0.2, 0.25) is 0 Å². The monoisotopic (exact) mass is 384 g/mol. The van der Waals surface area contributed by atoms with Crippen molar-refractivity contribution in [1.29, 1.82) is 0 Å². The Balaban J connectivity index is 1.85. The molecule has 27 heavy (non-hydrogen) atoms. The number of alkyl halides is 3. The molecule has 0 saturated carbocycles. The van der Waals surface area contributed by atoms with E-state index >= 15 is 0 Å². The number of carbonyl (C=O) groups excluding carboxylic acids is 2. The maximum atomic E-state index is 13.5. The lowest BCUT2D eigenvalue weighted by Gasteiger charge is -2.29. The molecular weight excluding hydrogens is 365 g/mol. The van der Waals surface area contributed by atoms with E-state index in [2.05, 4.69) is 5.32 Å². The summed E-state index contributed by atoms with van der Waals surface area (Å²) in [5.74, 6) is -3.20. The highest BCUT2D eigenvalue weighted by Crippen LogP contribution is 2.39. The van der Waals surface area contributed by atoms with Crippen LogP contribution in [0.3, 0.4) is 0 Å². The van der Waals surface area contributed by atoms with Gasteiger partial charge in [0.25, 0.3) is 5.79 Å². The van der Waals surface area contributed by atoms with E-state index in [0.717, 1.165) is 25.1 Å². The highest BCUT2D eigenvalue weighted by atomic mass is 19.4. The standard InChI is InChI=1S/C18H19F3N2O4/c1-17(2)26-15(24)12(16(25)27-17)10-22-11-5-6-14(23-7-3-4-8-23)13(9-11)18(19,20)21/h5-6,9-10,22H,3-4,7-8H2,1-2H3. The van der Waals surface area contributed by atoms with Crippen LogP contribution in [-0.2, 0) is 25.2 Å². The van der Waals surface area contributed by atoms with Crippen molar-refractivity contribution in [2.75, 3.05) is 23.3 Å². The maximum Gasteiger partial charge on any atom is 0.418 e. The quantitative estimate of drug-likeness (QED) is 0.489. The fourth-order valence-corrected chi connectivity index (χ4v) is 3.02. The molecule has 0 unspecified atom stereocenters. The van der Waals surface area contributed by atoms with E-state index in [4.69, 9.17) is 9.47 Å². The number of nitrogens with zero attached hydrogens (tertiary/aromatic N) is 1. The Morgan fingerprint density at radius 1 is 1.11 bits per heavy atom. The molecule has 2 fully saturated rings. The van der Waals surface area contributed by atoms with Crippen LogP contribution in [0.15, 0.2) is 30.0 Å². The molecule has 2 aliphatic rings. The third kappa shape index (κ3) is 4.17. The molecule has 1 N–H and O–H groups in total. The van der Waals surface area contributed by atoms with Crippen LogP contribution in [0.1, 0.15) is 32.3 Å². The van der Waals surface area contributed by atoms with Gasteiger partial charge in [0.1, 0.15) is 0 Å². The topological polar surface area (TPSA) is 67.9 Å². The molecule has 2 aliphatic heterocycles. The molecule has 9 heteroatoms. The molecule has 1 aromatic carbocycles. The molecule has 0 aliphatic carbocycles. The minimum absolute atomic E-state index is 0.0863. The van der Waals surface area contributed by atoms with Crippen molar-refractivity contribution in [1.82, 2.24) is 0 Å². The first kappa shape index (κ1) is 19.1. The summed E-state index contributed by atoms with van der Waals surface area (Å²) in [6.07, 6.45) is -1.84. The van der Waals surface area contributed by atoms with Gasteiger partial charge in [0.2, 0.25) is 0 Å². The second-order valence-corrected chi connectivity index (χ2v) is 6.81. The summed E-state index contributed by atoms with van der Waals surface area (Å²) in [6.45, 7) is 3.96. The van der Waals surface area contributed by atoms with Gasteiger partial charge in [-0.2, -0.15) is 13.2 Å². The number of esters is 2. The molecule has 2 saturated heterocycles. The third-order valence-electron chi connectivity index (χ3n) is 4.25. The zero-order valence-electron chi connectivity index (χ0n) is 14.9. The minimum atomic E-state index is -4.53. The van der Waals surface area contributed by atoms with Crippen LogP contribution in [-0.4, -0.2) is 30.8 Å². The SMILES string of the molecule is CC1(C)OC(=O)C(=CNc2ccc(N3CCCC3)c(C(F)(F)F)c2)C(=O)O1. The molecule has 0 amide bonds. The Morgan fingerprint density at radius 2 is 1.70 bits per heavy atom. The summed E-state index contributed by atoms with van der Waals surface area (Å²) in [5, 5.41) is 2.55. The Hall–Kier alpha value is -2.71. The van der Waals surface area contributed by atoms with E-state index in [1.165, 1.54) is 26.0 Å². The van der Waals surface area contributed by atoms with Crippen molar-refractivity contribution in [3.63, 3.8) is 0 Å². The molecular formula is C18H19F3N2O4. The number of halogens is 3. The Morgan fingerprint density at radius 3 is 2.26 bits per heavy atom. The number of hydrogen-bond donors (Lipinski definition) is 1. The summed E-state index contributed by atoms with van der Waals surface area (Å²) in [5.41, 5.74) is -0.992. The molecule has 1 aromatic rings. The molecule has 3 rings (SSSR count). The van der Waals surface area contributed by atoms with Crippen LogP contribution >= 0.6 is 0 Å². The lowest BCUT2D eigenvalue weighted by atomic mass is 10.1. The average molecular weight is 384 g/mol. The van der Waals surface area contributed by atoms with Crippen LogP contribution in [0.25, 0.3) is 0 Å². The number of nitrogens with one attached hydrogen (secondary N) is 1. The molecule has 0 spiro atoms. The fourth-order valence-electron chi connectivity index (χ4n) is 3.02. The Kier molecular flexibility index (Phi) is 4.79. The highest BCUT2D eigenvalue weighted by molar-refractivity contribution is 6.15.